The van der Waals surface area contributed by atoms with Crippen molar-refractivity contribution in [3.05, 3.63) is 34.9 Å². The lowest BCUT2D eigenvalue weighted by Crippen LogP contribution is -1.85. The molecule has 0 aliphatic rings. The van der Waals surface area contributed by atoms with Gasteiger partial charge in [0.25, 0.3) is 0 Å². The van der Waals surface area contributed by atoms with Crippen molar-refractivity contribution in [2.45, 2.75) is 13.8 Å². The van der Waals surface area contributed by atoms with E-state index >= 15 is 0 Å². The molecule has 62 valence electrons. The van der Waals surface area contributed by atoms with Gasteiger partial charge in [0.2, 0.25) is 0 Å². The molecule has 0 aliphatic carbocycles. The number of hydrogen-bond donors (Lipinski definition) is 0. The standard InChI is InChI=1S/C10H9IS/c1-8-4-3-5-9(2)10(8)6-7-12-11/h3-5H,1-2H3. The fraction of sp³-hybridized carbons (Fsp3) is 0.200. The molecule has 0 atom stereocenters. The number of rotatable bonds is 0. The Bertz CT molecular complexity index is 313. The van der Waals surface area contributed by atoms with Gasteiger partial charge in [-0.25, -0.2) is 0 Å². The minimum absolute atomic E-state index is 1.17. The molecule has 2 heteroatoms. The lowest BCUT2D eigenvalue weighted by atomic mass is 10.0. The molecule has 0 amide bonds. The maximum atomic E-state index is 3.14. The van der Waals surface area contributed by atoms with Gasteiger partial charge in [-0.2, -0.15) is 0 Å². The number of hydrogen-bond acceptors (Lipinski definition) is 1. The zero-order valence-electron chi connectivity index (χ0n) is 7.02. The van der Waals surface area contributed by atoms with Crippen molar-refractivity contribution < 1.29 is 0 Å². The zero-order chi connectivity index (χ0) is 8.97. The van der Waals surface area contributed by atoms with Gasteiger partial charge in [0, 0.05) is 26.8 Å². The van der Waals surface area contributed by atoms with E-state index in [4.69, 9.17) is 0 Å². The van der Waals surface area contributed by atoms with Crippen LogP contribution in [0.25, 0.3) is 0 Å². The summed E-state index contributed by atoms with van der Waals surface area (Å²) in [4.78, 5) is 0. The molecule has 1 aromatic rings. The monoisotopic (exact) mass is 288 g/mol. The Morgan fingerprint density at radius 2 is 1.83 bits per heavy atom. The van der Waals surface area contributed by atoms with Gasteiger partial charge in [-0.3, -0.25) is 0 Å². The molecule has 0 spiro atoms. The second-order valence-electron chi connectivity index (χ2n) is 2.57. The Labute approximate surface area is 89.7 Å². The van der Waals surface area contributed by atoms with Gasteiger partial charge >= 0.3 is 0 Å². The van der Waals surface area contributed by atoms with Crippen LogP contribution < -0.4 is 0 Å². The van der Waals surface area contributed by atoms with E-state index in [1.54, 1.807) is 0 Å². The van der Waals surface area contributed by atoms with Gasteiger partial charge in [-0.15, -0.1) is 0 Å². The highest BCUT2D eigenvalue weighted by atomic mass is 127. The second kappa shape index (κ2) is 4.78. The molecule has 1 aromatic carbocycles. The molecular formula is C10H9IS. The number of halogens is 1. The third kappa shape index (κ3) is 2.43. The largest absolute Gasteiger partial charge is 0.0617 e. The van der Waals surface area contributed by atoms with Crippen LogP contribution in [0.2, 0.25) is 0 Å². The van der Waals surface area contributed by atoms with E-state index in [-0.39, 0.29) is 0 Å². The van der Waals surface area contributed by atoms with Crippen molar-refractivity contribution in [1.29, 1.82) is 0 Å². The van der Waals surface area contributed by atoms with Crippen LogP contribution in [-0.4, -0.2) is 0 Å². The van der Waals surface area contributed by atoms with Gasteiger partial charge in [0.1, 0.15) is 0 Å². The highest BCUT2D eigenvalue weighted by Gasteiger charge is 1.96. The maximum absolute atomic E-state index is 3.14. The normalized spacial score (nSPS) is 8.92. The van der Waals surface area contributed by atoms with Crippen LogP contribution in [0.3, 0.4) is 0 Å². The van der Waals surface area contributed by atoms with Gasteiger partial charge < -0.3 is 0 Å². The lowest BCUT2D eigenvalue weighted by Gasteiger charge is -2.00. The summed E-state index contributed by atoms with van der Waals surface area (Å²) in [7, 11) is 1.52. The van der Waals surface area contributed by atoms with Crippen molar-refractivity contribution in [2.24, 2.45) is 0 Å². The molecule has 1 rings (SSSR count). The summed E-state index contributed by atoms with van der Waals surface area (Å²) in [5.74, 6) is 3.14. The minimum atomic E-state index is 1.17. The van der Waals surface area contributed by atoms with Crippen molar-refractivity contribution in [3.63, 3.8) is 0 Å². The first-order chi connectivity index (χ1) is 5.75. The molecule has 0 nitrogen and oxygen atoms in total. The van der Waals surface area contributed by atoms with Crippen LogP contribution in [0.4, 0.5) is 0 Å². The molecular weight excluding hydrogens is 279 g/mol. The van der Waals surface area contributed by atoms with E-state index in [0.29, 0.717) is 0 Å². The average Bonchev–Trinajstić information content (AvgIpc) is 2.04. The first kappa shape index (κ1) is 9.94. The van der Waals surface area contributed by atoms with Gasteiger partial charge in [0.05, 0.1) is 0 Å². The van der Waals surface area contributed by atoms with Gasteiger partial charge in [-0.1, -0.05) is 24.1 Å². The SMILES string of the molecule is Cc1cccc(C)c1C#CSI. The lowest BCUT2D eigenvalue weighted by molar-refractivity contribution is 1.35. The first-order valence-electron chi connectivity index (χ1n) is 3.60. The molecule has 0 fully saturated rings. The molecule has 0 bridgehead atoms. The summed E-state index contributed by atoms with van der Waals surface area (Å²) in [6, 6.07) is 6.25. The molecule has 12 heavy (non-hydrogen) atoms. The molecule has 0 aliphatic heterocycles. The van der Waals surface area contributed by atoms with Gasteiger partial charge in [-0.05, 0) is 39.2 Å². The van der Waals surface area contributed by atoms with Crippen molar-refractivity contribution in [1.82, 2.24) is 0 Å². The third-order valence-electron chi connectivity index (χ3n) is 1.70. The quantitative estimate of drug-likeness (QED) is 0.518. The van der Waals surface area contributed by atoms with Crippen LogP contribution >= 0.6 is 30.1 Å². The summed E-state index contributed by atoms with van der Waals surface area (Å²) in [6.45, 7) is 4.18. The van der Waals surface area contributed by atoms with E-state index in [9.17, 15) is 0 Å². The van der Waals surface area contributed by atoms with Crippen molar-refractivity contribution in [3.8, 4) is 11.2 Å². The summed E-state index contributed by atoms with van der Waals surface area (Å²) in [6.07, 6.45) is 0. The molecule has 0 saturated carbocycles. The fourth-order valence-electron chi connectivity index (χ4n) is 1.08. The third-order valence-corrected chi connectivity index (χ3v) is 2.54. The van der Waals surface area contributed by atoms with E-state index < -0.39 is 0 Å². The topological polar surface area (TPSA) is 0 Å². The van der Waals surface area contributed by atoms with Crippen LogP contribution in [-0.2, 0) is 0 Å². The summed E-state index contributed by atoms with van der Waals surface area (Å²) in [5.41, 5.74) is 3.68. The number of benzene rings is 1. The van der Waals surface area contributed by atoms with E-state index in [1.165, 1.54) is 25.6 Å². The molecule has 0 saturated heterocycles. The molecule has 0 unspecified atom stereocenters. The smallest absolute Gasteiger partial charge is 0.0312 e. The number of aryl methyl sites for hydroxylation is 2. The summed E-state index contributed by atoms with van der Waals surface area (Å²) in [5, 5.41) is 3.00. The summed E-state index contributed by atoms with van der Waals surface area (Å²) >= 11 is 2.18. The molecule has 0 N–H and O–H groups in total. The minimum Gasteiger partial charge on any atom is -0.0617 e. The predicted octanol–water partition coefficient (Wildman–Crippen LogP) is 3.70. The van der Waals surface area contributed by atoms with Crippen LogP contribution in [0.5, 0.6) is 0 Å². The zero-order valence-corrected chi connectivity index (χ0v) is 9.99. The Morgan fingerprint density at radius 1 is 1.25 bits per heavy atom. The van der Waals surface area contributed by atoms with Crippen LogP contribution in [0.1, 0.15) is 16.7 Å². The van der Waals surface area contributed by atoms with Crippen LogP contribution in [0, 0.1) is 25.0 Å². The van der Waals surface area contributed by atoms with Gasteiger partial charge in [0.15, 0.2) is 0 Å². The fourth-order valence-corrected chi connectivity index (χ4v) is 1.55. The van der Waals surface area contributed by atoms with E-state index in [0.717, 1.165) is 0 Å². The van der Waals surface area contributed by atoms with Crippen molar-refractivity contribution >= 4 is 30.1 Å². The second-order valence-corrected chi connectivity index (χ2v) is 4.25. The highest BCUT2D eigenvalue weighted by Crippen LogP contribution is 2.13. The maximum Gasteiger partial charge on any atom is 0.0312 e. The summed E-state index contributed by atoms with van der Waals surface area (Å²) < 4.78 is 0. The Balaban J connectivity index is 3.13. The van der Waals surface area contributed by atoms with Crippen LogP contribution in [0.15, 0.2) is 18.2 Å². The van der Waals surface area contributed by atoms with E-state index in [1.807, 2.05) is 0 Å². The highest BCUT2D eigenvalue weighted by molar-refractivity contribution is 14.2. The van der Waals surface area contributed by atoms with E-state index in [2.05, 4.69) is 64.4 Å². The van der Waals surface area contributed by atoms with Crippen molar-refractivity contribution in [2.75, 3.05) is 0 Å². The molecule has 0 aromatic heterocycles. The molecule has 0 heterocycles. The Kier molecular flexibility index (Phi) is 3.96. The Hall–Kier alpha value is -0.140. The first-order valence-corrected chi connectivity index (χ1v) is 6.96. The predicted molar refractivity (Wildman–Crippen MR) is 64.4 cm³/mol. The average molecular weight is 288 g/mol. The molecule has 0 radical (unpaired) electrons. The Morgan fingerprint density at radius 3 is 2.33 bits per heavy atom.